The van der Waals surface area contributed by atoms with E-state index in [4.69, 9.17) is 4.74 Å². The fourth-order valence-electron chi connectivity index (χ4n) is 2.00. The van der Waals surface area contributed by atoms with Crippen LogP contribution in [0.25, 0.3) is 0 Å². The molecule has 92 valence electrons. The van der Waals surface area contributed by atoms with Crippen LogP contribution in [-0.4, -0.2) is 43.5 Å². The first-order valence-corrected chi connectivity index (χ1v) is 5.68. The highest BCUT2D eigenvalue weighted by molar-refractivity contribution is 5.99. The topological polar surface area (TPSA) is 29.5 Å². The molecule has 1 heterocycles. The number of hydrogen-bond donors (Lipinski definition) is 0. The summed E-state index contributed by atoms with van der Waals surface area (Å²) in [6.07, 6.45) is -0.477. The van der Waals surface area contributed by atoms with Crippen LogP contribution in [0, 0.1) is 12.7 Å². The van der Waals surface area contributed by atoms with Gasteiger partial charge in [-0.1, -0.05) is 0 Å². The van der Waals surface area contributed by atoms with E-state index in [1.807, 2.05) is 11.9 Å². The molecule has 1 saturated heterocycles. The normalized spacial score (nSPS) is 21.5. The molecule has 1 aliphatic heterocycles. The van der Waals surface area contributed by atoms with E-state index in [1.165, 1.54) is 12.1 Å². The van der Waals surface area contributed by atoms with Crippen LogP contribution in [0.4, 0.5) is 4.39 Å². The van der Waals surface area contributed by atoms with E-state index < -0.39 is 6.10 Å². The molecule has 0 bridgehead atoms. The van der Waals surface area contributed by atoms with Gasteiger partial charge in [-0.25, -0.2) is 4.39 Å². The van der Waals surface area contributed by atoms with Gasteiger partial charge in [0, 0.05) is 18.7 Å². The Balaban J connectivity index is 2.18. The number of aryl methyl sites for hydroxylation is 1. The average molecular weight is 237 g/mol. The van der Waals surface area contributed by atoms with Crippen molar-refractivity contribution in [3.63, 3.8) is 0 Å². The van der Waals surface area contributed by atoms with Gasteiger partial charge in [0.05, 0.1) is 6.61 Å². The molecule has 4 heteroatoms. The first-order valence-electron chi connectivity index (χ1n) is 5.68. The van der Waals surface area contributed by atoms with Crippen LogP contribution in [-0.2, 0) is 4.74 Å². The maximum Gasteiger partial charge on any atom is 0.192 e. The van der Waals surface area contributed by atoms with Gasteiger partial charge in [0.1, 0.15) is 11.9 Å². The Labute approximate surface area is 100 Å². The molecular weight excluding hydrogens is 221 g/mol. The van der Waals surface area contributed by atoms with Gasteiger partial charge in [0.15, 0.2) is 5.78 Å². The van der Waals surface area contributed by atoms with Crippen LogP contribution in [0.1, 0.15) is 15.9 Å². The van der Waals surface area contributed by atoms with E-state index >= 15 is 0 Å². The molecule has 0 radical (unpaired) electrons. The Kier molecular flexibility index (Phi) is 3.54. The lowest BCUT2D eigenvalue weighted by atomic mass is 10.0. The predicted molar refractivity (Wildman–Crippen MR) is 62.7 cm³/mol. The Hall–Kier alpha value is -1.26. The minimum absolute atomic E-state index is 0.140. The van der Waals surface area contributed by atoms with Crippen LogP contribution in [0.3, 0.4) is 0 Å². The fourth-order valence-corrected chi connectivity index (χ4v) is 2.00. The number of carbonyl (C=O) groups excluding carboxylic acids is 1. The number of ketones is 1. The van der Waals surface area contributed by atoms with E-state index in [9.17, 15) is 9.18 Å². The molecule has 1 fully saturated rings. The summed E-state index contributed by atoms with van der Waals surface area (Å²) in [6.45, 7) is 3.70. The molecule has 0 amide bonds. The zero-order valence-corrected chi connectivity index (χ0v) is 10.1. The summed E-state index contributed by atoms with van der Waals surface area (Å²) in [6, 6.07) is 4.38. The number of ether oxygens (including phenoxy) is 1. The van der Waals surface area contributed by atoms with Crippen LogP contribution in [0.2, 0.25) is 0 Å². The molecule has 1 aromatic rings. The Morgan fingerprint density at radius 2 is 2.24 bits per heavy atom. The zero-order valence-electron chi connectivity index (χ0n) is 10.1. The molecule has 1 aliphatic rings. The van der Waals surface area contributed by atoms with Gasteiger partial charge < -0.3 is 9.64 Å². The number of nitrogens with zero attached hydrogens (tertiary/aromatic N) is 1. The molecule has 0 spiro atoms. The molecule has 0 N–H and O–H groups in total. The van der Waals surface area contributed by atoms with Gasteiger partial charge in [-0.05, 0) is 37.7 Å². The van der Waals surface area contributed by atoms with E-state index in [2.05, 4.69) is 0 Å². The third-order valence-electron chi connectivity index (χ3n) is 2.89. The highest BCUT2D eigenvalue weighted by Crippen LogP contribution is 2.14. The van der Waals surface area contributed by atoms with Crippen molar-refractivity contribution in [3.05, 3.63) is 35.1 Å². The predicted octanol–water partition coefficient (Wildman–Crippen LogP) is 1.65. The maximum absolute atomic E-state index is 13.2. The van der Waals surface area contributed by atoms with Gasteiger partial charge in [0.25, 0.3) is 0 Å². The van der Waals surface area contributed by atoms with E-state index in [-0.39, 0.29) is 11.6 Å². The van der Waals surface area contributed by atoms with Crippen LogP contribution in [0.5, 0.6) is 0 Å². The number of Topliss-reactive ketones (excluding diaryl/α,β-unsaturated/α-hetero) is 1. The number of rotatable bonds is 2. The number of morpholine rings is 1. The lowest BCUT2D eigenvalue weighted by Crippen LogP contribution is -2.44. The summed E-state index contributed by atoms with van der Waals surface area (Å²) in [4.78, 5) is 14.2. The molecule has 0 aliphatic carbocycles. The van der Waals surface area contributed by atoms with Crippen molar-refractivity contribution in [1.29, 1.82) is 0 Å². The standard InChI is InChI=1S/C13H16FNO2/c1-9-5-10(7-11(14)6-9)13(16)12-8-15(2)3-4-17-12/h5-7,12H,3-4,8H2,1-2H3. The molecule has 1 aromatic carbocycles. The van der Waals surface area contributed by atoms with Crippen molar-refractivity contribution in [2.45, 2.75) is 13.0 Å². The van der Waals surface area contributed by atoms with E-state index in [0.717, 1.165) is 12.1 Å². The second-order valence-corrected chi connectivity index (χ2v) is 4.50. The summed E-state index contributed by atoms with van der Waals surface area (Å²) >= 11 is 0. The lowest BCUT2D eigenvalue weighted by Gasteiger charge is -2.29. The Bertz CT molecular complexity index is 413. The second kappa shape index (κ2) is 4.94. The minimum Gasteiger partial charge on any atom is -0.367 e. The van der Waals surface area contributed by atoms with E-state index in [1.54, 1.807) is 13.0 Å². The number of benzene rings is 1. The van der Waals surface area contributed by atoms with Crippen LogP contribution >= 0.6 is 0 Å². The quantitative estimate of drug-likeness (QED) is 0.732. The third-order valence-corrected chi connectivity index (χ3v) is 2.89. The maximum atomic E-state index is 13.2. The number of likely N-dealkylation sites (N-methyl/N-ethyl adjacent to an activating group) is 1. The third kappa shape index (κ3) is 2.90. The summed E-state index contributed by atoms with van der Waals surface area (Å²) in [5.41, 5.74) is 1.14. The Morgan fingerprint density at radius 3 is 2.88 bits per heavy atom. The highest BCUT2D eigenvalue weighted by atomic mass is 19.1. The van der Waals surface area contributed by atoms with Gasteiger partial charge in [-0.3, -0.25) is 4.79 Å². The molecule has 1 atom stereocenters. The van der Waals surface area contributed by atoms with E-state index in [0.29, 0.717) is 18.7 Å². The molecular formula is C13H16FNO2. The number of hydrogen-bond acceptors (Lipinski definition) is 3. The first kappa shape index (κ1) is 12.2. The number of halogens is 1. The molecule has 0 saturated carbocycles. The molecule has 3 nitrogen and oxygen atoms in total. The van der Waals surface area contributed by atoms with Gasteiger partial charge >= 0.3 is 0 Å². The van der Waals surface area contributed by atoms with Crippen LogP contribution in [0.15, 0.2) is 18.2 Å². The summed E-state index contributed by atoms with van der Waals surface area (Å²) in [5, 5.41) is 0. The summed E-state index contributed by atoms with van der Waals surface area (Å²) in [5.74, 6) is -0.517. The Morgan fingerprint density at radius 1 is 1.47 bits per heavy atom. The highest BCUT2D eigenvalue weighted by Gasteiger charge is 2.26. The lowest BCUT2D eigenvalue weighted by molar-refractivity contribution is -0.00864. The molecule has 17 heavy (non-hydrogen) atoms. The summed E-state index contributed by atoms with van der Waals surface area (Å²) in [7, 11) is 1.94. The van der Waals surface area contributed by atoms with Gasteiger partial charge in [-0.2, -0.15) is 0 Å². The molecule has 0 aromatic heterocycles. The van der Waals surface area contributed by atoms with Crippen molar-refractivity contribution < 1.29 is 13.9 Å². The van der Waals surface area contributed by atoms with Gasteiger partial charge in [-0.15, -0.1) is 0 Å². The van der Waals surface area contributed by atoms with Crippen molar-refractivity contribution in [2.75, 3.05) is 26.7 Å². The molecule has 1 unspecified atom stereocenters. The van der Waals surface area contributed by atoms with Crippen molar-refractivity contribution in [1.82, 2.24) is 4.90 Å². The van der Waals surface area contributed by atoms with Crippen molar-refractivity contribution in [3.8, 4) is 0 Å². The molecule has 2 rings (SSSR count). The monoisotopic (exact) mass is 237 g/mol. The largest absolute Gasteiger partial charge is 0.367 e. The average Bonchev–Trinajstić information content (AvgIpc) is 2.26. The zero-order chi connectivity index (χ0) is 12.4. The SMILES string of the molecule is Cc1cc(F)cc(C(=O)C2CN(C)CCO2)c1. The second-order valence-electron chi connectivity index (χ2n) is 4.50. The first-order chi connectivity index (χ1) is 8.06. The van der Waals surface area contributed by atoms with Gasteiger partial charge in [0.2, 0.25) is 0 Å². The van der Waals surface area contributed by atoms with Crippen LogP contribution < -0.4 is 0 Å². The van der Waals surface area contributed by atoms with Crippen molar-refractivity contribution in [2.24, 2.45) is 0 Å². The minimum atomic E-state index is -0.477. The number of carbonyl (C=O) groups is 1. The van der Waals surface area contributed by atoms with Crippen molar-refractivity contribution >= 4 is 5.78 Å². The summed E-state index contributed by atoms with van der Waals surface area (Å²) < 4.78 is 18.7. The smallest absolute Gasteiger partial charge is 0.192 e. The fraction of sp³-hybridized carbons (Fsp3) is 0.462.